The second-order valence-electron chi connectivity index (χ2n) is 4.78. The van der Waals surface area contributed by atoms with Gasteiger partial charge in [-0.1, -0.05) is 59.8 Å². The van der Waals surface area contributed by atoms with Crippen molar-refractivity contribution in [2.75, 3.05) is 0 Å². The molecular formula is C14H17BrO2. The SMILES string of the molecule is O=C(O)C1(c2ccccc2Br)CCCCCC1. The van der Waals surface area contributed by atoms with E-state index in [0.29, 0.717) is 0 Å². The number of rotatable bonds is 2. The first-order valence-corrected chi connectivity index (χ1v) is 6.94. The quantitative estimate of drug-likeness (QED) is 0.833. The van der Waals surface area contributed by atoms with Crippen LogP contribution in [0.5, 0.6) is 0 Å². The van der Waals surface area contributed by atoms with Gasteiger partial charge in [-0.2, -0.15) is 0 Å². The molecule has 1 aromatic rings. The molecule has 0 aliphatic heterocycles. The van der Waals surface area contributed by atoms with Crippen molar-refractivity contribution in [3.63, 3.8) is 0 Å². The van der Waals surface area contributed by atoms with E-state index in [1.54, 1.807) is 0 Å². The van der Waals surface area contributed by atoms with Crippen molar-refractivity contribution >= 4 is 21.9 Å². The summed E-state index contributed by atoms with van der Waals surface area (Å²) in [6.07, 6.45) is 5.83. The molecule has 1 fully saturated rings. The Hall–Kier alpha value is -0.830. The highest BCUT2D eigenvalue weighted by atomic mass is 79.9. The van der Waals surface area contributed by atoms with Crippen molar-refractivity contribution in [2.24, 2.45) is 0 Å². The van der Waals surface area contributed by atoms with Gasteiger partial charge in [-0.3, -0.25) is 4.79 Å². The predicted molar refractivity (Wildman–Crippen MR) is 71.2 cm³/mol. The fourth-order valence-corrected chi connectivity index (χ4v) is 3.44. The number of aliphatic carboxylic acids is 1. The van der Waals surface area contributed by atoms with Crippen LogP contribution in [0.25, 0.3) is 0 Å². The van der Waals surface area contributed by atoms with Gasteiger partial charge in [0.05, 0.1) is 5.41 Å². The van der Waals surface area contributed by atoms with Crippen LogP contribution in [-0.4, -0.2) is 11.1 Å². The summed E-state index contributed by atoms with van der Waals surface area (Å²) >= 11 is 3.50. The van der Waals surface area contributed by atoms with E-state index in [9.17, 15) is 9.90 Å². The van der Waals surface area contributed by atoms with Gasteiger partial charge in [0.2, 0.25) is 0 Å². The van der Waals surface area contributed by atoms with Crippen LogP contribution in [0, 0.1) is 0 Å². The predicted octanol–water partition coefficient (Wildman–Crippen LogP) is 4.13. The second-order valence-corrected chi connectivity index (χ2v) is 5.64. The highest BCUT2D eigenvalue weighted by Crippen LogP contribution is 2.41. The van der Waals surface area contributed by atoms with E-state index in [-0.39, 0.29) is 0 Å². The van der Waals surface area contributed by atoms with Crippen molar-refractivity contribution in [1.29, 1.82) is 0 Å². The van der Waals surface area contributed by atoms with Gasteiger partial charge in [-0.15, -0.1) is 0 Å². The molecule has 2 nitrogen and oxygen atoms in total. The highest BCUT2D eigenvalue weighted by molar-refractivity contribution is 9.10. The third kappa shape index (κ3) is 2.39. The first kappa shape index (κ1) is 12.6. The summed E-state index contributed by atoms with van der Waals surface area (Å²) in [6, 6.07) is 7.74. The number of benzene rings is 1. The third-order valence-electron chi connectivity index (χ3n) is 3.76. The van der Waals surface area contributed by atoms with Crippen molar-refractivity contribution in [3.05, 3.63) is 34.3 Å². The Bertz CT molecular complexity index is 406. The fraction of sp³-hybridized carbons (Fsp3) is 0.500. The van der Waals surface area contributed by atoms with Crippen LogP contribution in [0.2, 0.25) is 0 Å². The van der Waals surface area contributed by atoms with Crippen LogP contribution in [0.1, 0.15) is 44.1 Å². The average Bonchev–Trinajstić information content (AvgIpc) is 2.56. The Labute approximate surface area is 110 Å². The van der Waals surface area contributed by atoms with E-state index in [1.807, 2.05) is 24.3 Å². The molecule has 1 saturated carbocycles. The number of carboxylic acids is 1. The monoisotopic (exact) mass is 296 g/mol. The van der Waals surface area contributed by atoms with Crippen LogP contribution in [0.4, 0.5) is 0 Å². The van der Waals surface area contributed by atoms with Gasteiger partial charge in [0.25, 0.3) is 0 Å². The van der Waals surface area contributed by atoms with Gasteiger partial charge in [0, 0.05) is 4.47 Å². The molecule has 0 unspecified atom stereocenters. The lowest BCUT2D eigenvalue weighted by molar-refractivity contribution is -0.144. The van der Waals surface area contributed by atoms with Gasteiger partial charge in [-0.25, -0.2) is 0 Å². The van der Waals surface area contributed by atoms with Crippen LogP contribution in [0.15, 0.2) is 28.7 Å². The number of carboxylic acid groups (broad SMARTS) is 1. The van der Waals surface area contributed by atoms with Crippen LogP contribution >= 0.6 is 15.9 Å². The van der Waals surface area contributed by atoms with Gasteiger partial charge >= 0.3 is 5.97 Å². The Morgan fingerprint density at radius 2 is 1.71 bits per heavy atom. The zero-order chi connectivity index (χ0) is 12.3. The maximum absolute atomic E-state index is 11.8. The van der Waals surface area contributed by atoms with Crippen LogP contribution < -0.4 is 0 Å². The van der Waals surface area contributed by atoms with E-state index in [4.69, 9.17) is 0 Å². The summed E-state index contributed by atoms with van der Waals surface area (Å²) in [4.78, 5) is 11.8. The van der Waals surface area contributed by atoms with Crippen LogP contribution in [0.3, 0.4) is 0 Å². The Morgan fingerprint density at radius 3 is 2.24 bits per heavy atom. The van der Waals surface area contributed by atoms with Crippen molar-refractivity contribution in [2.45, 2.75) is 43.9 Å². The molecule has 0 spiro atoms. The number of halogens is 1. The minimum Gasteiger partial charge on any atom is -0.481 e. The van der Waals surface area contributed by atoms with E-state index < -0.39 is 11.4 Å². The Morgan fingerprint density at radius 1 is 1.12 bits per heavy atom. The minimum atomic E-state index is -0.684. The smallest absolute Gasteiger partial charge is 0.314 e. The van der Waals surface area contributed by atoms with Gasteiger partial charge in [0.1, 0.15) is 0 Å². The van der Waals surface area contributed by atoms with Gasteiger partial charge in [0.15, 0.2) is 0 Å². The normalized spacial score (nSPS) is 19.6. The van der Waals surface area contributed by atoms with Gasteiger partial charge in [-0.05, 0) is 24.5 Å². The van der Waals surface area contributed by atoms with Crippen molar-refractivity contribution < 1.29 is 9.90 Å². The zero-order valence-corrected chi connectivity index (χ0v) is 11.4. The summed E-state index contributed by atoms with van der Waals surface area (Å²) in [5.74, 6) is -0.675. The lowest BCUT2D eigenvalue weighted by Gasteiger charge is -2.29. The molecule has 3 heteroatoms. The molecule has 17 heavy (non-hydrogen) atoms. The number of hydrogen-bond donors (Lipinski definition) is 1. The van der Waals surface area contributed by atoms with E-state index in [0.717, 1.165) is 48.6 Å². The summed E-state index contributed by atoms with van der Waals surface area (Å²) < 4.78 is 0.921. The maximum Gasteiger partial charge on any atom is 0.314 e. The molecule has 2 rings (SSSR count). The second kappa shape index (κ2) is 5.21. The highest BCUT2D eigenvalue weighted by Gasteiger charge is 2.41. The van der Waals surface area contributed by atoms with E-state index >= 15 is 0 Å². The van der Waals surface area contributed by atoms with Crippen molar-refractivity contribution in [3.8, 4) is 0 Å². The Kier molecular flexibility index (Phi) is 3.87. The topological polar surface area (TPSA) is 37.3 Å². The minimum absolute atomic E-state index is 0.675. The van der Waals surface area contributed by atoms with Crippen molar-refractivity contribution in [1.82, 2.24) is 0 Å². The van der Waals surface area contributed by atoms with Gasteiger partial charge < -0.3 is 5.11 Å². The number of carbonyl (C=O) groups is 1. The molecular weight excluding hydrogens is 280 g/mol. The third-order valence-corrected chi connectivity index (χ3v) is 4.45. The molecule has 0 aromatic heterocycles. The largest absolute Gasteiger partial charge is 0.481 e. The molecule has 1 aromatic carbocycles. The summed E-state index contributed by atoms with van der Waals surface area (Å²) in [6.45, 7) is 0. The lowest BCUT2D eigenvalue weighted by Crippen LogP contribution is -2.35. The maximum atomic E-state index is 11.8. The summed E-state index contributed by atoms with van der Waals surface area (Å²) in [5, 5.41) is 9.67. The molecule has 0 amide bonds. The molecule has 0 heterocycles. The van der Waals surface area contributed by atoms with Crippen LogP contribution in [-0.2, 0) is 10.2 Å². The molecule has 0 saturated heterocycles. The molecule has 1 aliphatic carbocycles. The first-order chi connectivity index (χ1) is 8.17. The Balaban J connectivity index is 2.46. The lowest BCUT2D eigenvalue weighted by atomic mass is 9.74. The van der Waals surface area contributed by atoms with E-state index in [2.05, 4.69) is 15.9 Å². The molecule has 92 valence electrons. The molecule has 0 bridgehead atoms. The molecule has 1 aliphatic rings. The molecule has 0 atom stereocenters. The fourth-order valence-electron chi connectivity index (χ4n) is 2.78. The van der Waals surface area contributed by atoms with E-state index in [1.165, 1.54) is 0 Å². The average molecular weight is 297 g/mol. The summed E-state index contributed by atoms with van der Waals surface area (Å²) in [7, 11) is 0. The standard InChI is InChI=1S/C14H17BrO2/c15-12-8-4-3-7-11(12)14(13(16)17)9-5-1-2-6-10-14/h3-4,7-8H,1-2,5-6,9-10H2,(H,16,17). The molecule has 0 radical (unpaired) electrons. The zero-order valence-electron chi connectivity index (χ0n) is 9.79. The first-order valence-electron chi connectivity index (χ1n) is 6.15. The summed E-state index contributed by atoms with van der Waals surface area (Å²) in [5.41, 5.74) is 0.255. The molecule has 1 N–H and O–H groups in total. The number of hydrogen-bond acceptors (Lipinski definition) is 1.